The monoisotopic (exact) mass is 353 g/mol. The predicted molar refractivity (Wildman–Crippen MR) is 112 cm³/mol. The molecule has 1 saturated heterocycles. The Kier molecular flexibility index (Phi) is 14.7. The number of rotatable bonds is 16. The molecule has 150 valence electrons. The van der Waals surface area contributed by atoms with E-state index in [1.165, 1.54) is 116 Å². The quantitative estimate of drug-likeness (QED) is 0.398. The molecule has 0 amide bonds. The van der Waals surface area contributed by atoms with Crippen LogP contribution in [0.4, 0.5) is 0 Å². The van der Waals surface area contributed by atoms with Gasteiger partial charge in [-0.05, 0) is 19.9 Å². The van der Waals surface area contributed by atoms with Gasteiger partial charge in [0.15, 0.2) is 0 Å². The zero-order valence-electron chi connectivity index (χ0n) is 17.7. The van der Waals surface area contributed by atoms with E-state index in [0.717, 1.165) is 6.04 Å². The van der Waals surface area contributed by atoms with Crippen molar-refractivity contribution in [2.75, 3.05) is 46.3 Å². The molecule has 0 spiro atoms. The lowest BCUT2D eigenvalue weighted by atomic mass is 10.0. The van der Waals surface area contributed by atoms with Crippen LogP contribution in [0.2, 0.25) is 0 Å². The summed E-state index contributed by atoms with van der Waals surface area (Å²) < 4.78 is 0. The maximum Gasteiger partial charge on any atom is 0.0110 e. The zero-order chi connectivity index (χ0) is 18.2. The van der Waals surface area contributed by atoms with Crippen LogP contribution in [0.15, 0.2) is 0 Å². The molecule has 0 saturated carbocycles. The van der Waals surface area contributed by atoms with Crippen molar-refractivity contribution in [2.24, 2.45) is 0 Å². The van der Waals surface area contributed by atoms with E-state index in [1.807, 2.05) is 0 Å². The van der Waals surface area contributed by atoms with Crippen LogP contribution in [-0.2, 0) is 0 Å². The molecule has 1 heterocycles. The van der Waals surface area contributed by atoms with Gasteiger partial charge in [0, 0.05) is 45.3 Å². The molecular formula is C22H47N3. The highest BCUT2D eigenvalue weighted by Gasteiger charge is 2.14. The average Bonchev–Trinajstić information content (AvgIpc) is 2.62. The number of likely N-dealkylation sites (N-methyl/N-ethyl adjacent to an activating group) is 1. The number of hydrogen-bond donors (Lipinski definition) is 1. The van der Waals surface area contributed by atoms with Crippen LogP contribution < -0.4 is 5.32 Å². The van der Waals surface area contributed by atoms with E-state index >= 15 is 0 Å². The van der Waals surface area contributed by atoms with Gasteiger partial charge in [-0.3, -0.25) is 4.90 Å². The molecule has 0 aromatic rings. The first-order valence-electron chi connectivity index (χ1n) is 11.4. The van der Waals surface area contributed by atoms with Crippen molar-refractivity contribution < 1.29 is 0 Å². The van der Waals surface area contributed by atoms with Crippen LogP contribution in [0.5, 0.6) is 0 Å². The van der Waals surface area contributed by atoms with E-state index in [-0.39, 0.29) is 0 Å². The second-order valence-electron chi connectivity index (χ2n) is 8.20. The van der Waals surface area contributed by atoms with Crippen LogP contribution >= 0.6 is 0 Å². The lowest BCUT2D eigenvalue weighted by Crippen LogP contribution is -2.47. The van der Waals surface area contributed by atoms with Gasteiger partial charge in [-0.15, -0.1) is 0 Å². The Morgan fingerprint density at radius 1 is 0.720 bits per heavy atom. The molecule has 25 heavy (non-hydrogen) atoms. The van der Waals surface area contributed by atoms with Crippen molar-refractivity contribution in [3.8, 4) is 0 Å². The van der Waals surface area contributed by atoms with Gasteiger partial charge in [0.25, 0.3) is 0 Å². The van der Waals surface area contributed by atoms with Crippen molar-refractivity contribution in [3.05, 3.63) is 0 Å². The van der Waals surface area contributed by atoms with Crippen molar-refractivity contribution in [1.29, 1.82) is 0 Å². The third-order valence-corrected chi connectivity index (χ3v) is 5.77. The van der Waals surface area contributed by atoms with E-state index in [9.17, 15) is 0 Å². The summed E-state index contributed by atoms with van der Waals surface area (Å²) in [5.41, 5.74) is 0. The normalized spacial score (nSPS) is 16.8. The number of piperazine rings is 1. The third-order valence-electron chi connectivity index (χ3n) is 5.77. The molecule has 1 rings (SSSR count). The molecule has 0 unspecified atom stereocenters. The van der Waals surface area contributed by atoms with Gasteiger partial charge < -0.3 is 10.2 Å². The third kappa shape index (κ3) is 12.8. The highest BCUT2D eigenvalue weighted by Crippen LogP contribution is 2.13. The van der Waals surface area contributed by atoms with Crippen LogP contribution in [0.3, 0.4) is 0 Å². The van der Waals surface area contributed by atoms with E-state index in [1.54, 1.807) is 0 Å². The van der Waals surface area contributed by atoms with E-state index in [2.05, 4.69) is 36.0 Å². The van der Waals surface area contributed by atoms with Crippen LogP contribution in [0.1, 0.15) is 90.9 Å². The first-order chi connectivity index (χ1) is 12.3. The Hall–Kier alpha value is -0.120. The number of nitrogens with one attached hydrogen (secondary N) is 1. The van der Waals surface area contributed by atoms with E-state index in [4.69, 9.17) is 0 Å². The topological polar surface area (TPSA) is 18.5 Å². The summed E-state index contributed by atoms with van der Waals surface area (Å²) >= 11 is 0. The molecule has 1 N–H and O–H groups in total. The van der Waals surface area contributed by atoms with E-state index < -0.39 is 0 Å². The summed E-state index contributed by atoms with van der Waals surface area (Å²) in [5, 5.41) is 3.90. The lowest BCUT2D eigenvalue weighted by Gasteiger charge is -2.32. The molecule has 0 aromatic carbocycles. The van der Waals surface area contributed by atoms with E-state index in [0.29, 0.717) is 0 Å². The maximum atomic E-state index is 3.90. The summed E-state index contributed by atoms with van der Waals surface area (Å²) in [7, 11) is 2.24. The smallest absolute Gasteiger partial charge is 0.0110 e. The number of nitrogens with zero attached hydrogens (tertiary/aromatic N) is 2. The lowest BCUT2D eigenvalue weighted by molar-refractivity contribution is 0.153. The van der Waals surface area contributed by atoms with Crippen molar-refractivity contribution in [1.82, 2.24) is 15.1 Å². The Balaban J connectivity index is 2.16. The molecule has 0 bridgehead atoms. The Morgan fingerprint density at radius 2 is 1.24 bits per heavy atom. The summed E-state index contributed by atoms with van der Waals surface area (Å²) in [5.74, 6) is 0. The first-order valence-corrected chi connectivity index (χ1v) is 11.4. The maximum absolute atomic E-state index is 3.90. The summed E-state index contributed by atoms with van der Waals surface area (Å²) in [6.07, 6.45) is 16.9. The minimum absolute atomic E-state index is 0.760. The minimum Gasteiger partial charge on any atom is -0.313 e. The second-order valence-corrected chi connectivity index (χ2v) is 8.20. The molecule has 1 aliphatic rings. The molecule has 3 heteroatoms. The molecular weight excluding hydrogens is 306 g/mol. The zero-order valence-corrected chi connectivity index (χ0v) is 17.7. The van der Waals surface area contributed by atoms with Crippen LogP contribution in [0, 0.1) is 0 Å². The largest absolute Gasteiger partial charge is 0.313 e. The molecule has 0 aliphatic carbocycles. The summed E-state index contributed by atoms with van der Waals surface area (Å²) in [6, 6.07) is 0.760. The predicted octanol–water partition coefficient (Wildman–Crippen LogP) is 4.91. The van der Waals surface area contributed by atoms with Gasteiger partial charge in [0.2, 0.25) is 0 Å². The van der Waals surface area contributed by atoms with Crippen LogP contribution in [-0.4, -0.2) is 62.2 Å². The Morgan fingerprint density at radius 3 is 1.76 bits per heavy atom. The fraction of sp³-hybridized carbons (Fsp3) is 1.00. The van der Waals surface area contributed by atoms with Gasteiger partial charge in [-0.1, -0.05) is 78.1 Å². The second kappa shape index (κ2) is 16.1. The van der Waals surface area contributed by atoms with Gasteiger partial charge in [-0.25, -0.2) is 0 Å². The molecule has 1 fully saturated rings. The number of hydrogen-bond acceptors (Lipinski definition) is 3. The summed E-state index contributed by atoms with van der Waals surface area (Å²) in [4.78, 5) is 5.08. The average molecular weight is 354 g/mol. The van der Waals surface area contributed by atoms with Crippen molar-refractivity contribution in [2.45, 2.75) is 96.9 Å². The number of unbranched alkanes of at least 4 members (excludes halogenated alkanes) is 8. The van der Waals surface area contributed by atoms with Gasteiger partial charge in [-0.2, -0.15) is 0 Å². The standard InChI is InChI=1S/C22H47N3/c1-4-6-8-10-12-14-22(15-13-11-9-7-5-2)23-16-17-25-20-18-24(3)19-21-25/h22-23H,4-21H2,1-3H3. The van der Waals surface area contributed by atoms with Crippen molar-refractivity contribution in [3.63, 3.8) is 0 Å². The molecule has 3 nitrogen and oxygen atoms in total. The highest BCUT2D eigenvalue weighted by molar-refractivity contribution is 4.72. The fourth-order valence-corrected chi connectivity index (χ4v) is 3.84. The Labute approximate surface area is 158 Å². The Bertz CT molecular complexity index is 260. The molecule has 0 radical (unpaired) electrons. The van der Waals surface area contributed by atoms with Gasteiger partial charge in [0.05, 0.1) is 0 Å². The first kappa shape index (κ1) is 22.9. The van der Waals surface area contributed by atoms with Crippen molar-refractivity contribution >= 4 is 0 Å². The summed E-state index contributed by atoms with van der Waals surface area (Å²) in [6.45, 7) is 12.0. The van der Waals surface area contributed by atoms with Crippen LogP contribution in [0.25, 0.3) is 0 Å². The fourth-order valence-electron chi connectivity index (χ4n) is 3.84. The SMILES string of the molecule is CCCCCCCC(CCCCCCC)NCCN1CCN(C)CC1. The molecule has 0 atom stereocenters. The van der Waals surface area contributed by atoms with Gasteiger partial charge >= 0.3 is 0 Å². The molecule has 1 aliphatic heterocycles. The van der Waals surface area contributed by atoms with Gasteiger partial charge in [0.1, 0.15) is 0 Å². The highest BCUT2D eigenvalue weighted by atomic mass is 15.2. The minimum atomic E-state index is 0.760. The molecule has 0 aromatic heterocycles.